The lowest BCUT2D eigenvalue weighted by Crippen LogP contribution is -2.17. The molecule has 130 valence electrons. The molecule has 0 saturated carbocycles. The number of nitrogens with zero attached hydrogens (tertiary/aromatic N) is 3. The predicted molar refractivity (Wildman–Crippen MR) is 94.4 cm³/mol. The van der Waals surface area contributed by atoms with Crippen molar-refractivity contribution in [3.05, 3.63) is 64.9 Å². The highest BCUT2D eigenvalue weighted by atomic mass is 35.5. The largest absolute Gasteiger partial charge is 0.367 e. The number of rotatable bonds is 5. The molecule has 10 heteroatoms. The maximum Gasteiger partial charge on any atom is 0.287 e. The van der Waals surface area contributed by atoms with Crippen LogP contribution in [0.5, 0.6) is 0 Å². The lowest BCUT2D eigenvalue weighted by molar-refractivity contribution is 0.579. The van der Waals surface area contributed by atoms with Gasteiger partial charge in [0, 0.05) is 5.75 Å². The highest BCUT2D eigenvalue weighted by molar-refractivity contribution is 7.98. The first-order valence-corrected chi connectivity index (χ1v) is 9.78. The fourth-order valence-electron chi connectivity index (χ4n) is 2.03. The minimum Gasteiger partial charge on any atom is -0.367 e. The van der Waals surface area contributed by atoms with E-state index in [9.17, 15) is 12.8 Å². The van der Waals surface area contributed by atoms with Crippen molar-refractivity contribution in [2.45, 2.75) is 15.8 Å². The van der Waals surface area contributed by atoms with E-state index >= 15 is 0 Å². The lowest BCUT2D eigenvalue weighted by Gasteiger charge is -2.06. The molecular weight excluding hydrogens is 387 g/mol. The first kappa shape index (κ1) is 17.7. The van der Waals surface area contributed by atoms with Crippen LogP contribution in [0.15, 0.2) is 58.6 Å². The Labute approximate surface area is 152 Å². The normalized spacial score (nSPS) is 11.6. The van der Waals surface area contributed by atoms with E-state index < -0.39 is 15.8 Å². The van der Waals surface area contributed by atoms with E-state index in [2.05, 4.69) is 10.1 Å². The van der Waals surface area contributed by atoms with Crippen LogP contribution in [0.3, 0.4) is 0 Å². The maximum atomic E-state index is 13.1. The van der Waals surface area contributed by atoms with Gasteiger partial charge in [0.05, 0.1) is 5.02 Å². The fraction of sp³-hybridized carbons (Fsp3) is 0.0667. The summed E-state index contributed by atoms with van der Waals surface area (Å²) < 4.78 is 39.0. The zero-order valence-corrected chi connectivity index (χ0v) is 15.0. The summed E-state index contributed by atoms with van der Waals surface area (Å²) in [6, 6.07) is 12.5. The molecule has 0 saturated heterocycles. The molecule has 0 bridgehead atoms. The average molecular weight is 399 g/mol. The van der Waals surface area contributed by atoms with Gasteiger partial charge in [0.25, 0.3) is 10.0 Å². The summed E-state index contributed by atoms with van der Waals surface area (Å²) >= 11 is 7.08. The molecule has 0 aliphatic carbocycles. The second-order valence-electron chi connectivity index (χ2n) is 4.95. The van der Waals surface area contributed by atoms with Crippen LogP contribution in [0.4, 0.5) is 10.3 Å². The number of hydrogen-bond donors (Lipinski definition) is 1. The van der Waals surface area contributed by atoms with Crippen LogP contribution >= 0.6 is 23.4 Å². The van der Waals surface area contributed by atoms with Gasteiger partial charge in [-0.05, 0) is 23.8 Å². The lowest BCUT2D eigenvalue weighted by atomic mass is 10.2. The Kier molecular flexibility index (Phi) is 4.98. The first-order chi connectivity index (χ1) is 11.9. The highest BCUT2D eigenvalue weighted by Gasteiger charge is 2.25. The summed E-state index contributed by atoms with van der Waals surface area (Å²) in [7, 11) is -4.17. The maximum absolute atomic E-state index is 13.1. The summed E-state index contributed by atoms with van der Waals surface area (Å²) in [5, 5.41) is 3.89. The van der Waals surface area contributed by atoms with Gasteiger partial charge >= 0.3 is 0 Å². The summed E-state index contributed by atoms with van der Waals surface area (Å²) in [6.07, 6.45) is 0. The molecule has 3 aromatic rings. The molecule has 0 aliphatic rings. The van der Waals surface area contributed by atoms with E-state index in [0.717, 1.165) is 23.8 Å². The monoisotopic (exact) mass is 398 g/mol. The Balaban J connectivity index is 1.88. The van der Waals surface area contributed by atoms with Crippen LogP contribution in [0.2, 0.25) is 5.02 Å². The Bertz CT molecular complexity index is 1010. The minimum atomic E-state index is -4.17. The molecule has 2 N–H and O–H groups in total. The Morgan fingerprint density at radius 1 is 1.20 bits per heavy atom. The standard InChI is InChI=1S/C15H12ClFN4O2S2/c16-12-8-11(17)6-7-13(12)25(22,23)21-14(18)19-15(20-21)24-9-10-4-2-1-3-5-10/h1-8H,9H2,(H2,18,19,20). The summed E-state index contributed by atoms with van der Waals surface area (Å²) in [5.74, 6) is -0.382. The zero-order chi connectivity index (χ0) is 18.0. The third-order valence-electron chi connectivity index (χ3n) is 3.19. The number of halogens is 2. The number of thioether (sulfide) groups is 1. The van der Waals surface area contributed by atoms with E-state index in [-0.39, 0.29) is 21.0 Å². The van der Waals surface area contributed by atoms with E-state index in [1.165, 1.54) is 11.8 Å². The molecule has 0 unspecified atom stereocenters. The minimum absolute atomic E-state index is 0.211. The summed E-state index contributed by atoms with van der Waals surface area (Å²) in [4.78, 5) is 3.66. The van der Waals surface area contributed by atoms with Crippen LogP contribution in [-0.2, 0) is 15.8 Å². The average Bonchev–Trinajstić information content (AvgIpc) is 2.95. The Hall–Kier alpha value is -2.10. The van der Waals surface area contributed by atoms with E-state index in [0.29, 0.717) is 9.84 Å². The highest BCUT2D eigenvalue weighted by Crippen LogP contribution is 2.27. The molecular formula is C15H12ClFN4O2S2. The molecule has 0 amide bonds. The molecule has 0 spiro atoms. The van der Waals surface area contributed by atoms with E-state index in [1.807, 2.05) is 30.3 Å². The quantitative estimate of drug-likeness (QED) is 0.664. The molecule has 0 aliphatic heterocycles. The van der Waals surface area contributed by atoms with Crippen molar-refractivity contribution in [2.24, 2.45) is 0 Å². The van der Waals surface area contributed by atoms with Crippen molar-refractivity contribution >= 4 is 39.3 Å². The molecule has 0 atom stereocenters. The smallest absolute Gasteiger partial charge is 0.287 e. The van der Waals surface area contributed by atoms with Crippen molar-refractivity contribution in [3.8, 4) is 0 Å². The number of nitrogens with two attached hydrogens (primary N) is 1. The van der Waals surface area contributed by atoms with Crippen molar-refractivity contribution in [1.82, 2.24) is 14.2 Å². The van der Waals surface area contributed by atoms with Crippen molar-refractivity contribution < 1.29 is 12.8 Å². The molecule has 0 radical (unpaired) electrons. The topological polar surface area (TPSA) is 90.9 Å². The molecule has 2 aromatic carbocycles. The van der Waals surface area contributed by atoms with E-state index in [1.54, 1.807) is 0 Å². The number of aromatic nitrogens is 3. The van der Waals surface area contributed by atoms with Crippen molar-refractivity contribution in [2.75, 3.05) is 5.73 Å². The molecule has 3 rings (SSSR count). The first-order valence-electron chi connectivity index (χ1n) is 6.98. The van der Waals surface area contributed by atoms with Crippen LogP contribution in [0.1, 0.15) is 5.56 Å². The van der Waals surface area contributed by atoms with Gasteiger partial charge in [-0.2, -0.15) is 13.4 Å². The van der Waals surface area contributed by atoms with Crippen LogP contribution < -0.4 is 5.73 Å². The summed E-state index contributed by atoms with van der Waals surface area (Å²) in [5.41, 5.74) is 6.73. The Morgan fingerprint density at radius 3 is 2.60 bits per heavy atom. The van der Waals surface area contributed by atoms with Crippen molar-refractivity contribution in [3.63, 3.8) is 0 Å². The molecule has 1 heterocycles. The second-order valence-corrected chi connectivity index (χ2v) is 8.04. The van der Waals surface area contributed by atoms with Gasteiger partial charge < -0.3 is 5.73 Å². The number of hydrogen-bond acceptors (Lipinski definition) is 6. The van der Waals surface area contributed by atoms with Gasteiger partial charge in [-0.1, -0.05) is 53.7 Å². The third-order valence-corrected chi connectivity index (χ3v) is 6.16. The molecule has 25 heavy (non-hydrogen) atoms. The van der Waals surface area contributed by atoms with Gasteiger partial charge in [-0.15, -0.1) is 9.19 Å². The third kappa shape index (κ3) is 3.78. The molecule has 1 aromatic heterocycles. The van der Waals surface area contributed by atoms with E-state index in [4.69, 9.17) is 17.3 Å². The van der Waals surface area contributed by atoms with Crippen LogP contribution in [0, 0.1) is 5.82 Å². The SMILES string of the molecule is Nc1nc(SCc2ccccc2)nn1S(=O)(=O)c1ccc(F)cc1Cl. The number of nitrogen functional groups attached to an aromatic ring is 1. The van der Waals surface area contributed by atoms with Gasteiger partial charge in [0.1, 0.15) is 10.7 Å². The summed E-state index contributed by atoms with van der Waals surface area (Å²) in [6.45, 7) is 0. The van der Waals surface area contributed by atoms with Crippen molar-refractivity contribution in [1.29, 1.82) is 0 Å². The van der Waals surface area contributed by atoms with Crippen LogP contribution in [0.25, 0.3) is 0 Å². The second kappa shape index (κ2) is 7.03. The predicted octanol–water partition coefficient (Wildman–Crippen LogP) is 3.18. The van der Waals surface area contributed by atoms with Gasteiger partial charge in [0.2, 0.25) is 11.1 Å². The number of benzene rings is 2. The van der Waals surface area contributed by atoms with Gasteiger partial charge in [0.15, 0.2) is 0 Å². The van der Waals surface area contributed by atoms with Gasteiger partial charge in [-0.3, -0.25) is 0 Å². The molecule has 6 nitrogen and oxygen atoms in total. The Morgan fingerprint density at radius 2 is 1.92 bits per heavy atom. The molecule has 0 fully saturated rings. The zero-order valence-electron chi connectivity index (χ0n) is 12.6. The van der Waals surface area contributed by atoms with Crippen LogP contribution in [-0.4, -0.2) is 22.6 Å². The fourth-order valence-corrected chi connectivity index (χ4v) is 4.53. The number of anilines is 1. The van der Waals surface area contributed by atoms with Gasteiger partial charge in [-0.25, -0.2) is 4.39 Å².